The number of likely N-dealkylation sites (tertiary alicyclic amines) is 1. The fourth-order valence-corrected chi connectivity index (χ4v) is 5.10. The van der Waals surface area contributed by atoms with E-state index in [-0.39, 0.29) is 17.4 Å². The van der Waals surface area contributed by atoms with E-state index in [1.807, 2.05) is 19.2 Å². The highest BCUT2D eigenvalue weighted by molar-refractivity contribution is 5.62. The fourth-order valence-electron chi connectivity index (χ4n) is 5.10. The molecule has 4 nitrogen and oxygen atoms in total. The van der Waals surface area contributed by atoms with Crippen molar-refractivity contribution in [2.75, 3.05) is 20.7 Å². The van der Waals surface area contributed by atoms with Crippen molar-refractivity contribution in [1.29, 1.82) is 1.43 Å². The second-order valence-electron chi connectivity index (χ2n) is 6.88. The maximum absolute atomic E-state index is 9.24. The number of likely N-dealkylation sites (N-methyl/N-ethyl adjacent to an activating group) is 1. The van der Waals surface area contributed by atoms with Gasteiger partial charge in [-0.3, -0.25) is 0 Å². The molecule has 2 bridgehead atoms. The van der Waals surface area contributed by atoms with Gasteiger partial charge in [0.05, 0.1) is 7.11 Å². The molecule has 4 aliphatic rings. The lowest BCUT2D eigenvalue weighted by Crippen LogP contribution is -2.64. The van der Waals surface area contributed by atoms with Gasteiger partial charge in [0, 0.05) is 24.3 Å². The van der Waals surface area contributed by atoms with E-state index in [9.17, 15) is 1.37 Å². The average Bonchev–Trinajstić information content (AvgIpc) is 2.93. The Morgan fingerprint density at radius 3 is 3.23 bits per heavy atom. The van der Waals surface area contributed by atoms with Crippen LogP contribution in [0.5, 0.6) is 11.5 Å². The minimum Gasteiger partial charge on any atom is -0.493 e. The van der Waals surface area contributed by atoms with Crippen molar-refractivity contribution in [3.05, 3.63) is 35.4 Å². The number of hydrogen-bond donors (Lipinski definition) is 1. The number of aliphatic hydroxyl groups excluding tert-OH is 1. The third-order valence-corrected chi connectivity index (χ3v) is 6.07. The number of methoxy groups -OCH3 is 1. The number of aliphatic hydroxyl groups is 1. The SMILES string of the molecule is [2H]OC1C=C[C@@H]2[C@@]34CCN(C)[C@]2([2H])Cc2ccc(OC)c(c23)OC14. The summed E-state index contributed by atoms with van der Waals surface area (Å²) in [4.78, 5) is 2.16. The van der Waals surface area contributed by atoms with E-state index in [1.54, 1.807) is 7.11 Å². The van der Waals surface area contributed by atoms with Gasteiger partial charge < -0.3 is 19.5 Å². The van der Waals surface area contributed by atoms with E-state index in [2.05, 4.69) is 17.0 Å². The predicted molar refractivity (Wildman–Crippen MR) is 82.5 cm³/mol. The lowest BCUT2D eigenvalue weighted by Gasteiger charge is -2.56. The van der Waals surface area contributed by atoms with Gasteiger partial charge >= 0.3 is 0 Å². The second kappa shape index (κ2) is 4.06. The summed E-state index contributed by atoms with van der Waals surface area (Å²) in [7, 11) is 3.70. The van der Waals surface area contributed by atoms with Crippen LogP contribution in [-0.4, -0.2) is 50.4 Å². The molecule has 1 aromatic carbocycles. The Bertz CT molecular complexity index is 754. The number of ether oxygens (including phenoxy) is 2. The van der Waals surface area contributed by atoms with Crippen molar-refractivity contribution in [1.82, 2.24) is 4.90 Å². The Kier molecular flexibility index (Phi) is 2.05. The summed E-state index contributed by atoms with van der Waals surface area (Å²) in [5.41, 5.74) is 2.07. The summed E-state index contributed by atoms with van der Waals surface area (Å²) in [5.74, 6) is 1.56. The van der Waals surface area contributed by atoms with Gasteiger partial charge in [-0.2, -0.15) is 0 Å². The van der Waals surface area contributed by atoms with Gasteiger partial charge in [0.15, 0.2) is 11.5 Å². The first kappa shape index (κ1) is 11.1. The van der Waals surface area contributed by atoms with Crippen LogP contribution in [0.15, 0.2) is 24.3 Å². The van der Waals surface area contributed by atoms with Crippen molar-refractivity contribution < 1.29 is 16.0 Å². The van der Waals surface area contributed by atoms with Crippen LogP contribution in [0.25, 0.3) is 0 Å². The first-order valence-corrected chi connectivity index (χ1v) is 7.95. The van der Waals surface area contributed by atoms with Crippen molar-refractivity contribution in [2.24, 2.45) is 5.92 Å². The molecule has 2 unspecified atom stereocenters. The van der Waals surface area contributed by atoms with Crippen molar-refractivity contribution in [2.45, 2.75) is 36.5 Å². The highest BCUT2D eigenvalue weighted by Gasteiger charge is 2.64. The zero-order valence-corrected chi connectivity index (χ0v) is 12.8. The van der Waals surface area contributed by atoms with Gasteiger partial charge in [-0.25, -0.2) is 0 Å². The smallest absolute Gasteiger partial charge is 0.211 e. The molecule has 0 aromatic heterocycles. The largest absolute Gasteiger partial charge is 0.493 e. The molecule has 1 saturated heterocycles. The highest BCUT2D eigenvalue weighted by Crippen LogP contribution is 2.62. The quantitative estimate of drug-likeness (QED) is 0.841. The minimum absolute atomic E-state index is 0.0287. The fraction of sp³-hybridized carbons (Fsp3) is 0.556. The molecule has 2 aliphatic carbocycles. The van der Waals surface area contributed by atoms with Crippen LogP contribution < -0.4 is 9.47 Å². The summed E-state index contributed by atoms with van der Waals surface area (Å²) >= 11 is 0. The molecule has 5 rings (SSSR count). The van der Waals surface area contributed by atoms with Gasteiger partial charge in [-0.15, -0.1) is 0 Å². The van der Waals surface area contributed by atoms with E-state index in [1.165, 1.54) is 11.1 Å². The lowest BCUT2D eigenvalue weighted by atomic mass is 9.53. The molecule has 5 atom stereocenters. The Labute approximate surface area is 133 Å². The number of hydrogen-bond acceptors (Lipinski definition) is 4. The first-order valence-electron chi connectivity index (χ1n) is 8.85. The van der Waals surface area contributed by atoms with Crippen LogP contribution in [0.1, 0.15) is 18.9 Å². The van der Waals surface area contributed by atoms with Gasteiger partial charge in [-0.1, -0.05) is 18.2 Å². The van der Waals surface area contributed by atoms with Crippen LogP contribution in [0, 0.1) is 5.92 Å². The third-order valence-electron chi connectivity index (χ3n) is 6.07. The van der Waals surface area contributed by atoms with E-state index in [0.29, 0.717) is 6.42 Å². The van der Waals surface area contributed by atoms with Crippen molar-refractivity contribution in [3.8, 4) is 11.5 Å². The Hall–Kier alpha value is -1.52. The molecular formula is C18H21NO3. The Morgan fingerprint density at radius 2 is 2.41 bits per heavy atom. The standard InChI is InChI=1S/C18H21NO3/c1-19-8-7-18-11-4-5-13(20)17(18)22-16-14(21-2)6-3-10(15(16)18)9-12(11)19/h3-6,11-13,17,20H,7-9H2,1-2H3/t11-,12+,13?,17?,18-/m0/s1/i12D,20D. The molecule has 1 spiro atoms. The molecule has 2 heterocycles. The minimum atomic E-state index is -0.688. The molecule has 0 amide bonds. The number of nitrogens with zero attached hydrogens (tertiary/aromatic N) is 1. The first-order chi connectivity index (χ1) is 11.6. The number of rotatable bonds is 2. The Balaban J connectivity index is 1.83. The maximum Gasteiger partial charge on any atom is 0.211 e. The Morgan fingerprint density at radius 1 is 1.50 bits per heavy atom. The number of piperidine rings is 1. The highest BCUT2D eigenvalue weighted by atomic mass is 16.5. The normalized spacial score (nSPS) is 45.6. The van der Waals surface area contributed by atoms with E-state index >= 15 is 0 Å². The van der Waals surface area contributed by atoms with E-state index in [0.717, 1.165) is 24.5 Å². The van der Waals surface area contributed by atoms with E-state index in [4.69, 9.17) is 16.0 Å². The van der Waals surface area contributed by atoms with Gasteiger partial charge in [0.25, 0.3) is 0 Å². The zero-order valence-electron chi connectivity index (χ0n) is 14.8. The van der Waals surface area contributed by atoms with Gasteiger partial charge in [0.2, 0.25) is 1.43 Å². The lowest BCUT2D eigenvalue weighted by molar-refractivity contribution is -0.0453. The molecule has 2 aliphatic heterocycles. The second-order valence-corrected chi connectivity index (χ2v) is 6.88. The van der Waals surface area contributed by atoms with Crippen LogP contribution in [0.4, 0.5) is 0 Å². The summed E-state index contributed by atoms with van der Waals surface area (Å²) in [6.45, 7) is 0.842. The van der Waals surface area contributed by atoms with Crippen LogP contribution in [0.2, 0.25) is 0 Å². The van der Waals surface area contributed by atoms with Crippen LogP contribution >= 0.6 is 0 Å². The van der Waals surface area contributed by atoms with Gasteiger partial charge in [0.1, 0.15) is 12.2 Å². The molecule has 116 valence electrons. The van der Waals surface area contributed by atoms with Crippen molar-refractivity contribution >= 4 is 0 Å². The molecule has 4 heteroatoms. The maximum atomic E-state index is 9.24. The average molecular weight is 301 g/mol. The summed E-state index contributed by atoms with van der Waals surface area (Å²) in [6, 6.07) is 3.33. The zero-order chi connectivity index (χ0) is 16.7. The van der Waals surface area contributed by atoms with Crippen LogP contribution in [-0.2, 0) is 11.8 Å². The van der Waals surface area contributed by atoms with E-state index < -0.39 is 12.1 Å². The summed E-state index contributed by atoms with van der Waals surface area (Å²) in [5, 5.41) is 4.99. The number of benzene rings is 1. The molecule has 1 fully saturated rings. The van der Waals surface area contributed by atoms with Crippen LogP contribution in [0.3, 0.4) is 0 Å². The monoisotopic (exact) mass is 301 g/mol. The van der Waals surface area contributed by atoms with Gasteiger partial charge in [-0.05, 0) is 38.1 Å². The summed E-state index contributed by atoms with van der Waals surface area (Å²) < 4.78 is 28.6. The molecule has 0 radical (unpaired) electrons. The molecule has 1 N–H and O–H groups in total. The molecule has 0 saturated carbocycles. The molecule has 22 heavy (non-hydrogen) atoms. The summed E-state index contributed by atoms with van der Waals surface area (Å²) in [6.07, 6.45) is 4.89. The molecular weight excluding hydrogens is 278 g/mol. The molecule has 1 aromatic rings. The predicted octanol–water partition coefficient (Wildman–Crippen LogP) is 1.50. The topological polar surface area (TPSA) is 41.9 Å². The van der Waals surface area contributed by atoms with Crippen molar-refractivity contribution in [3.63, 3.8) is 0 Å². The third kappa shape index (κ3) is 1.28.